The Morgan fingerprint density at radius 2 is 0.907 bits per heavy atom. The second kappa shape index (κ2) is 13.4. The van der Waals surface area contributed by atoms with Crippen molar-refractivity contribution in [2.24, 2.45) is 0 Å². The van der Waals surface area contributed by atoms with Gasteiger partial charge in [0.1, 0.15) is 11.2 Å². The Kier molecular flexibility index (Phi) is 7.77. The average molecular weight is 692 g/mol. The minimum absolute atomic E-state index is 0.629. The van der Waals surface area contributed by atoms with Crippen molar-refractivity contribution in [3.8, 4) is 45.0 Å². The molecule has 8 aromatic carbocycles. The van der Waals surface area contributed by atoms with Crippen molar-refractivity contribution in [2.45, 2.75) is 0 Å². The molecule has 0 atom stereocenters. The summed E-state index contributed by atoms with van der Waals surface area (Å²) in [7, 11) is 0. The molecule has 0 spiro atoms. The quantitative estimate of drug-likeness (QED) is 0.167. The van der Waals surface area contributed by atoms with Gasteiger partial charge in [-0.1, -0.05) is 146 Å². The molecule has 0 radical (unpaired) electrons. The zero-order valence-electron chi connectivity index (χ0n) is 29.3. The lowest BCUT2D eigenvalue weighted by molar-refractivity contribution is 0.669. The third kappa shape index (κ3) is 5.76. The van der Waals surface area contributed by atoms with Gasteiger partial charge in [-0.2, -0.15) is 0 Å². The van der Waals surface area contributed by atoms with Crippen molar-refractivity contribution in [3.63, 3.8) is 0 Å². The number of rotatable bonds is 7. The molecular formula is C50H33N3O. The zero-order chi connectivity index (χ0) is 35.8. The Hall–Kier alpha value is -7.30. The first-order chi connectivity index (χ1) is 26.7. The van der Waals surface area contributed by atoms with Gasteiger partial charge in [0.05, 0.1) is 17.1 Å². The van der Waals surface area contributed by atoms with Crippen molar-refractivity contribution in [2.75, 3.05) is 4.90 Å². The Morgan fingerprint density at radius 3 is 1.56 bits per heavy atom. The minimum atomic E-state index is 0.629. The number of fused-ring (bicyclic) bond motifs is 4. The predicted molar refractivity (Wildman–Crippen MR) is 223 cm³/mol. The molecule has 0 fully saturated rings. The Bertz CT molecular complexity index is 2870. The average Bonchev–Trinajstić information content (AvgIpc) is 3.61. The number of furan rings is 1. The normalized spacial score (nSPS) is 11.3. The smallest absolute Gasteiger partial charge is 0.161 e. The molecule has 0 aliphatic carbocycles. The first-order valence-corrected chi connectivity index (χ1v) is 18.2. The summed E-state index contributed by atoms with van der Waals surface area (Å²) in [5.41, 5.74) is 11.5. The van der Waals surface area contributed by atoms with Gasteiger partial charge in [-0.25, -0.2) is 9.97 Å². The molecule has 10 rings (SSSR count). The van der Waals surface area contributed by atoms with E-state index in [1.807, 2.05) is 36.4 Å². The molecule has 4 heteroatoms. The van der Waals surface area contributed by atoms with Gasteiger partial charge in [-0.05, 0) is 70.4 Å². The number of para-hydroxylation sites is 1. The molecule has 0 bridgehead atoms. The molecule has 2 heterocycles. The van der Waals surface area contributed by atoms with Crippen molar-refractivity contribution in [1.29, 1.82) is 0 Å². The highest BCUT2D eigenvalue weighted by atomic mass is 16.3. The maximum Gasteiger partial charge on any atom is 0.161 e. The van der Waals surface area contributed by atoms with Crippen LogP contribution in [0.4, 0.5) is 17.1 Å². The summed E-state index contributed by atoms with van der Waals surface area (Å²) >= 11 is 0. The van der Waals surface area contributed by atoms with E-state index in [1.165, 1.54) is 0 Å². The molecule has 0 aliphatic rings. The van der Waals surface area contributed by atoms with Crippen LogP contribution in [-0.2, 0) is 0 Å². The monoisotopic (exact) mass is 691 g/mol. The van der Waals surface area contributed by atoms with Gasteiger partial charge >= 0.3 is 0 Å². The first kappa shape index (κ1) is 31.4. The number of benzene rings is 8. The summed E-state index contributed by atoms with van der Waals surface area (Å²) in [5, 5.41) is 4.28. The lowest BCUT2D eigenvalue weighted by Gasteiger charge is -2.26. The van der Waals surface area contributed by atoms with E-state index in [1.54, 1.807) is 0 Å². The largest absolute Gasteiger partial charge is 0.456 e. The van der Waals surface area contributed by atoms with Crippen molar-refractivity contribution >= 4 is 49.8 Å². The van der Waals surface area contributed by atoms with Gasteiger partial charge < -0.3 is 9.32 Å². The van der Waals surface area contributed by atoms with Gasteiger partial charge in [0, 0.05) is 44.9 Å². The molecule has 2 aromatic heterocycles. The van der Waals surface area contributed by atoms with Crippen LogP contribution in [0.1, 0.15) is 0 Å². The zero-order valence-corrected chi connectivity index (χ0v) is 29.3. The molecular weight excluding hydrogens is 659 g/mol. The number of nitrogens with zero attached hydrogens (tertiary/aromatic N) is 3. The van der Waals surface area contributed by atoms with E-state index in [4.69, 9.17) is 14.4 Å². The summed E-state index contributed by atoms with van der Waals surface area (Å²) in [5.74, 6) is 0.629. The van der Waals surface area contributed by atoms with Crippen molar-refractivity contribution < 1.29 is 4.42 Å². The van der Waals surface area contributed by atoms with Crippen LogP contribution in [0, 0.1) is 0 Å². The molecule has 54 heavy (non-hydrogen) atoms. The lowest BCUT2D eigenvalue weighted by Crippen LogP contribution is -2.10. The number of hydrogen-bond donors (Lipinski definition) is 0. The third-order valence-electron chi connectivity index (χ3n) is 10.0. The highest BCUT2D eigenvalue weighted by molar-refractivity contribution is 6.16. The summed E-state index contributed by atoms with van der Waals surface area (Å²) in [6.45, 7) is 0. The fourth-order valence-corrected chi connectivity index (χ4v) is 7.44. The van der Waals surface area contributed by atoms with Crippen LogP contribution < -0.4 is 4.90 Å². The predicted octanol–water partition coefficient (Wildman–Crippen LogP) is 13.7. The van der Waals surface area contributed by atoms with E-state index in [-0.39, 0.29) is 0 Å². The summed E-state index contributed by atoms with van der Waals surface area (Å²) in [6.07, 6.45) is 0. The fraction of sp³-hybridized carbons (Fsp3) is 0. The maximum absolute atomic E-state index is 6.83. The van der Waals surface area contributed by atoms with Crippen LogP contribution in [-0.4, -0.2) is 9.97 Å². The SMILES string of the molecule is c1ccc(-c2cccc(N(c3ccccc3)c3cc(-c4nc(-c5ccccc5)cc(-c5ccccc5)n4)c4c(c3)oc3cc5ccccc5cc34)c2)cc1. The number of aromatic nitrogens is 2. The molecule has 0 amide bonds. The molecule has 4 nitrogen and oxygen atoms in total. The highest BCUT2D eigenvalue weighted by Gasteiger charge is 2.22. The van der Waals surface area contributed by atoms with E-state index < -0.39 is 0 Å². The van der Waals surface area contributed by atoms with Crippen LogP contribution in [0.2, 0.25) is 0 Å². The van der Waals surface area contributed by atoms with Gasteiger partial charge in [0.15, 0.2) is 5.82 Å². The third-order valence-corrected chi connectivity index (χ3v) is 10.0. The van der Waals surface area contributed by atoms with Gasteiger partial charge in [0.25, 0.3) is 0 Å². The number of anilines is 3. The van der Waals surface area contributed by atoms with Gasteiger partial charge in [0.2, 0.25) is 0 Å². The Balaban J connectivity index is 1.28. The summed E-state index contributed by atoms with van der Waals surface area (Å²) < 4.78 is 6.83. The second-order valence-corrected chi connectivity index (χ2v) is 13.4. The van der Waals surface area contributed by atoms with E-state index in [0.29, 0.717) is 5.82 Å². The van der Waals surface area contributed by atoms with E-state index in [0.717, 1.165) is 89.0 Å². The molecule has 0 saturated heterocycles. The number of hydrogen-bond acceptors (Lipinski definition) is 4. The van der Waals surface area contributed by atoms with Crippen LogP contribution >= 0.6 is 0 Å². The van der Waals surface area contributed by atoms with Crippen LogP contribution in [0.5, 0.6) is 0 Å². The molecule has 0 unspecified atom stereocenters. The van der Waals surface area contributed by atoms with E-state index >= 15 is 0 Å². The Labute approximate surface area is 313 Å². The molecule has 254 valence electrons. The highest BCUT2D eigenvalue weighted by Crippen LogP contribution is 2.44. The minimum Gasteiger partial charge on any atom is -0.456 e. The lowest BCUT2D eigenvalue weighted by atomic mass is 10.00. The molecule has 10 aromatic rings. The van der Waals surface area contributed by atoms with Crippen molar-refractivity contribution in [1.82, 2.24) is 9.97 Å². The molecule has 0 aliphatic heterocycles. The van der Waals surface area contributed by atoms with Crippen LogP contribution in [0.3, 0.4) is 0 Å². The molecule has 0 saturated carbocycles. The summed E-state index contributed by atoms with van der Waals surface area (Å²) in [6, 6.07) is 69.6. The van der Waals surface area contributed by atoms with Crippen LogP contribution in [0.25, 0.3) is 77.7 Å². The van der Waals surface area contributed by atoms with E-state index in [2.05, 4.69) is 169 Å². The molecule has 0 N–H and O–H groups in total. The second-order valence-electron chi connectivity index (χ2n) is 13.4. The first-order valence-electron chi connectivity index (χ1n) is 18.2. The van der Waals surface area contributed by atoms with Crippen LogP contribution in [0.15, 0.2) is 205 Å². The Morgan fingerprint density at radius 1 is 0.370 bits per heavy atom. The summed E-state index contributed by atoms with van der Waals surface area (Å²) in [4.78, 5) is 12.9. The topological polar surface area (TPSA) is 42.2 Å². The standard InChI is InChI=1S/C50H33N3O/c1-5-16-34(17-6-1)37-24-15-27-41(28-37)53(40-25-11-4-12-26-40)42-31-44(49-43-29-38-22-13-14-23-39(38)30-47(43)54-48(49)32-42)50-51-45(35-18-7-2-8-19-35)33-46(52-50)36-20-9-3-10-21-36/h1-33H. The fourth-order valence-electron chi connectivity index (χ4n) is 7.44. The van der Waals surface area contributed by atoms with Crippen molar-refractivity contribution in [3.05, 3.63) is 200 Å². The van der Waals surface area contributed by atoms with E-state index in [9.17, 15) is 0 Å². The maximum atomic E-state index is 6.83. The van der Waals surface area contributed by atoms with Gasteiger partial charge in [-0.3, -0.25) is 0 Å². The van der Waals surface area contributed by atoms with Gasteiger partial charge in [-0.15, -0.1) is 0 Å².